The summed E-state index contributed by atoms with van der Waals surface area (Å²) < 4.78 is 5.83. The third-order valence-corrected chi connectivity index (χ3v) is 4.21. The first kappa shape index (κ1) is 15.8. The minimum atomic E-state index is -0.0352. The maximum Gasteiger partial charge on any atom is 0.159 e. The van der Waals surface area contributed by atoms with Crippen molar-refractivity contribution in [3.05, 3.63) is 72.6 Å². The van der Waals surface area contributed by atoms with Crippen LogP contribution in [-0.2, 0) is 11.3 Å². The highest BCUT2D eigenvalue weighted by molar-refractivity contribution is 5.53. The Labute approximate surface area is 146 Å². The molecule has 1 saturated heterocycles. The van der Waals surface area contributed by atoms with Crippen LogP contribution in [0.2, 0.25) is 0 Å². The Hall–Kier alpha value is -2.70. The van der Waals surface area contributed by atoms with E-state index < -0.39 is 0 Å². The van der Waals surface area contributed by atoms with Gasteiger partial charge in [0.2, 0.25) is 0 Å². The molecule has 0 saturated carbocycles. The van der Waals surface area contributed by atoms with E-state index in [2.05, 4.69) is 24.8 Å². The van der Waals surface area contributed by atoms with E-state index in [0.29, 0.717) is 6.61 Å². The highest BCUT2D eigenvalue weighted by Gasteiger charge is 2.23. The zero-order valence-electron chi connectivity index (χ0n) is 13.8. The van der Waals surface area contributed by atoms with Crippen molar-refractivity contribution in [3.8, 4) is 11.4 Å². The Kier molecular flexibility index (Phi) is 4.72. The van der Waals surface area contributed by atoms with Crippen LogP contribution in [0.3, 0.4) is 0 Å². The number of nitrogens with zero attached hydrogens (tertiary/aromatic N) is 5. The van der Waals surface area contributed by atoms with Gasteiger partial charge >= 0.3 is 0 Å². The summed E-state index contributed by atoms with van der Waals surface area (Å²) in [7, 11) is 0. The first-order valence-electron chi connectivity index (χ1n) is 8.35. The highest BCUT2D eigenvalue weighted by atomic mass is 16.5. The second kappa shape index (κ2) is 7.46. The first-order chi connectivity index (χ1) is 12.4. The second-order valence-electron chi connectivity index (χ2n) is 6.01. The van der Waals surface area contributed by atoms with Crippen molar-refractivity contribution in [1.82, 2.24) is 24.8 Å². The van der Waals surface area contributed by atoms with Crippen LogP contribution in [0.15, 0.2) is 61.3 Å². The molecule has 3 heterocycles. The number of hydrogen-bond acceptors (Lipinski definition) is 6. The van der Waals surface area contributed by atoms with E-state index in [0.717, 1.165) is 42.3 Å². The molecule has 6 nitrogen and oxygen atoms in total. The van der Waals surface area contributed by atoms with Crippen molar-refractivity contribution in [2.45, 2.75) is 12.6 Å². The van der Waals surface area contributed by atoms with Crippen molar-refractivity contribution in [1.29, 1.82) is 0 Å². The predicted octanol–water partition coefficient (Wildman–Crippen LogP) is 2.51. The summed E-state index contributed by atoms with van der Waals surface area (Å²) in [6, 6.07) is 10.0. The molecule has 0 radical (unpaired) electrons. The molecule has 126 valence electrons. The van der Waals surface area contributed by atoms with Gasteiger partial charge in [-0.15, -0.1) is 0 Å². The first-order valence-corrected chi connectivity index (χ1v) is 8.35. The van der Waals surface area contributed by atoms with Crippen LogP contribution < -0.4 is 0 Å². The fourth-order valence-corrected chi connectivity index (χ4v) is 2.93. The third kappa shape index (κ3) is 3.87. The molecular weight excluding hydrogens is 314 g/mol. The van der Waals surface area contributed by atoms with Gasteiger partial charge in [0.05, 0.1) is 18.5 Å². The summed E-state index contributed by atoms with van der Waals surface area (Å²) in [5, 5.41) is 0. The lowest BCUT2D eigenvalue weighted by Gasteiger charge is -2.32. The Morgan fingerprint density at radius 1 is 1.00 bits per heavy atom. The zero-order valence-corrected chi connectivity index (χ0v) is 13.8. The molecule has 2 aromatic heterocycles. The molecule has 4 rings (SSSR count). The molecular formula is C19H19N5O. The van der Waals surface area contributed by atoms with Gasteiger partial charge in [0, 0.05) is 55.5 Å². The van der Waals surface area contributed by atoms with E-state index in [1.807, 2.05) is 42.7 Å². The summed E-state index contributed by atoms with van der Waals surface area (Å²) >= 11 is 0. The van der Waals surface area contributed by atoms with Crippen LogP contribution in [0, 0.1) is 0 Å². The summed E-state index contributed by atoms with van der Waals surface area (Å²) in [5.74, 6) is 0.753. The monoisotopic (exact) mass is 333 g/mol. The van der Waals surface area contributed by atoms with Gasteiger partial charge < -0.3 is 4.74 Å². The molecule has 0 unspecified atom stereocenters. The van der Waals surface area contributed by atoms with Crippen molar-refractivity contribution in [2.75, 3.05) is 19.7 Å². The summed E-state index contributed by atoms with van der Waals surface area (Å²) in [4.78, 5) is 19.8. The quantitative estimate of drug-likeness (QED) is 0.731. The maximum absolute atomic E-state index is 5.83. The number of morpholine rings is 1. The van der Waals surface area contributed by atoms with Gasteiger partial charge in [-0.3, -0.25) is 14.9 Å². The van der Waals surface area contributed by atoms with Gasteiger partial charge in [-0.1, -0.05) is 30.3 Å². The Balaban J connectivity index is 1.42. The molecule has 0 bridgehead atoms. The van der Waals surface area contributed by atoms with E-state index in [4.69, 9.17) is 4.74 Å². The summed E-state index contributed by atoms with van der Waals surface area (Å²) in [6.07, 6.45) is 8.92. The van der Waals surface area contributed by atoms with E-state index in [1.165, 1.54) is 0 Å². The fourth-order valence-electron chi connectivity index (χ4n) is 2.93. The van der Waals surface area contributed by atoms with Crippen LogP contribution in [0.1, 0.15) is 17.4 Å². The average Bonchev–Trinajstić information content (AvgIpc) is 2.70. The summed E-state index contributed by atoms with van der Waals surface area (Å²) in [5.41, 5.74) is 3.01. The number of ether oxygens (including phenoxy) is 1. The van der Waals surface area contributed by atoms with Gasteiger partial charge in [0.15, 0.2) is 5.82 Å². The minimum absolute atomic E-state index is 0.0352. The lowest BCUT2D eigenvalue weighted by molar-refractivity contribution is -0.0352. The lowest BCUT2D eigenvalue weighted by Crippen LogP contribution is -2.38. The number of aromatic nitrogens is 4. The third-order valence-electron chi connectivity index (χ3n) is 4.21. The molecule has 1 fully saturated rings. The van der Waals surface area contributed by atoms with Crippen molar-refractivity contribution in [2.24, 2.45) is 0 Å². The summed E-state index contributed by atoms with van der Waals surface area (Å²) in [6.45, 7) is 3.16. The number of benzene rings is 1. The molecule has 0 spiro atoms. The lowest BCUT2D eigenvalue weighted by atomic mass is 10.2. The molecule has 6 heteroatoms. The fraction of sp³-hybridized carbons (Fsp3) is 0.263. The highest BCUT2D eigenvalue weighted by Crippen LogP contribution is 2.21. The molecule has 1 atom stereocenters. The largest absolute Gasteiger partial charge is 0.369 e. The van der Waals surface area contributed by atoms with E-state index in [-0.39, 0.29) is 6.10 Å². The normalized spacial score (nSPS) is 18.2. The minimum Gasteiger partial charge on any atom is -0.369 e. The van der Waals surface area contributed by atoms with Gasteiger partial charge in [0.1, 0.15) is 6.10 Å². The standard InChI is InChI=1S/C19H19N5O/c1-2-4-16(5-3-1)19-22-10-15(11-23-19)13-24-8-9-25-18(14-24)17-12-20-6-7-21-17/h1-7,10-12,18H,8-9,13-14H2/t18-/m0/s1. The van der Waals surface area contributed by atoms with Crippen LogP contribution in [0.5, 0.6) is 0 Å². The Bertz CT molecular complexity index is 795. The smallest absolute Gasteiger partial charge is 0.159 e. The van der Waals surface area contributed by atoms with Crippen molar-refractivity contribution < 1.29 is 4.74 Å². The molecule has 0 aliphatic carbocycles. The van der Waals surface area contributed by atoms with Gasteiger partial charge in [0.25, 0.3) is 0 Å². The molecule has 25 heavy (non-hydrogen) atoms. The molecule has 0 N–H and O–H groups in total. The van der Waals surface area contributed by atoms with Gasteiger partial charge in [-0.05, 0) is 0 Å². The molecule has 3 aromatic rings. The maximum atomic E-state index is 5.83. The molecule has 1 aliphatic heterocycles. The van der Waals surface area contributed by atoms with Gasteiger partial charge in [-0.2, -0.15) is 0 Å². The van der Waals surface area contributed by atoms with Crippen LogP contribution in [0.4, 0.5) is 0 Å². The van der Waals surface area contributed by atoms with Crippen LogP contribution in [0.25, 0.3) is 11.4 Å². The van der Waals surface area contributed by atoms with Crippen molar-refractivity contribution in [3.63, 3.8) is 0 Å². The van der Waals surface area contributed by atoms with Crippen LogP contribution >= 0.6 is 0 Å². The Morgan fingerprint density at radius 2 is 1.84 bits per heavy atom. The second-order valence-corrected chi connectivity index (χ2v) is 6.01. The van der Waals surface area contributed by atoms with E-state index in [1.54, 1.807) is 18.6 Å². The van der Waals surface area contributed by atoms with Gasteiger partial charge in [-0.25, -0.2) is 9.97 Å². The predicted molar refractivity (Wildman–Crippen MR) is 93.5 cm³/mol. The molecule has 0 amide bonds. The zero-order chi connectivity index (χ0) is 16.9. The van der Waals surface area contributed by atoms with Crippen molar-refractivity contribution >= 4 is 0 Å². The number of hydrogen-bond donors (Lipinski definition) is 0. The SMILES string of the molecule is c1ccc(-c2ncc(CN3CCO[C@H](c4cnccn4)C3)cn2)cc1. The Morgan fingerprint density at radius 3 is 2.60 bits per heavy atom. The molecule has 1 aliphatic rings. The van der Waals surface area contributed by atoms with Crippen LogP contribution in [-0.4, -0.2) is 44.5 Å². The van der Waals surface area contributed by atoms with E-state index >= 15 is 0 Å². The average molecular weight is 333 g/mol. The van der Waals surface area contributed by atoms with E-state index in [9.17, 15) is 0 Å². The number of rotatable bonds is 4. The topological polar surface area (TPSA) is 64.0 Å². The molecule has 1 aromatic carbocycles.